The fraction of sp³-hybridized carbons (Fsp3) is 0.594. The maximum absolute atomic E-state index is 13.5. The molecule has 3 aromatic rings. The number of carboxylic acids is 1. The van der Waals surface area contributed by atoms with Gasteiger partial charge in [-0.2, -0.15) is 0 Å². The van der Waals surface area contributed by atoms with E-state index in [1.807, 2.05) is 16.7 Å². The van der Waals surface area contributed by atoms with Gasteiger partial charge in [-0.3, -0.25) is 4.79 Å². The van der Waals surface area contributed by atoms with E-state index in [1.54, 1.807) is 4.90 Å². The van der Waals surface area contributed by atoms with Crippen LogP contribution < -0.4 is 15.2 Å². The Hall–Kier alpha value is -3.30. The maximum Gasteiger partial charge on any atom is 0.364 e. The van der Waals surface area contributed by atoms with Crippen molar-refractivity contribution in [1.82, 2.24) is 24.4 Å². The number of likely N-dealkylation sites (tertiary alicyclic amines) is 1. The second-order valence-corrected chi connectivity index (χ2v) is 14.8. The number of nitrogen functional groups attached to an aromatic ring is 1. The van der Waals surface area contributed by atoms with E-state index in [1.165, 1.54) is 25.0 Å². The van der Waals surface area contributed by atoms with Gasteiger partial charge in [0.25, 0.3) is 11.7 Å². The Bertz CT molecular complexity index is 1740. The molecule has 2 fully saturated rings. The fourth-order valence-corrected chi connectivity index (χ4v) is 8.16. The standard InChI is InChI=1S/C32H41BrN6O11S/c1-16(49-32(30(45)46)12-18(41)8-19(50-32)9-21(42)22(43)13-40)29(44)38-5-2-17(3-6-38)4-7-39-28-26(27(34)35-14-36-28)37-31(39)51-25-11-24-23(10-20(25)33)47-15-48-24/h10-11,14,16-19,21-22,40-43H,2-9,12-13,15H2,1H3,(H,45,46)(H2,34,35,36)/t16-,18-,19-,21+,22-,32+/m1/s1. The molecule has 0 saturated carbocycles. The topological polar surface area (TPSA) is 245 Å². The fourth-order valence-electron chi connectivity index (χ4n) is 6.65. The number of amides is 1. The lowest BCUT2D eigenvalue weighted by Crippen LogP contribution is -2.57. The normalized spacial score (nSPS) is 24.1. The summed E-state index contributed by atoms with van der Waals surface area (Å²) in [7, 11) is 0. The number of halogens is 1. The average Bonchev–Trinajstić information content (AvgIpc) is 3.70. The number of carbonyl (C=O) groups excluding carboxylic acids is 1. The lowest BCUT2D eigenvalue weighted by Gasteiger charge is -2.42. The zero-order chi connectivity index (χ0) is 36.4. The summed E-state index contributed by atoms with van der Waals surface area (Å²) in [6.07, 6.45) is -3.39. The Labute approximate surface area is 305 Å². The number of imidazole rings is 1. The smallest absolute Gasteiger partial charge is 0.364 e. The van der Waals surface area contributed by atoms with E-state index < -0.39 is 61.2 Å². The van der Waals surface area contributed by atoms with Gasteiger partial charge in [0.2, 0.25) is 6.79 Å². The molecule has 6 rings (SSSR count). The molecule has 6 atom stereocenters. The zero-order valence-corrected chi connectivity index (χ0v) is 30.2. The molecule has 0 unspecified atom stereocenters. The Morgan fingerprint density at radius 2 is 1.90 bits per heavy atom. The van der Waals surface area contributed by atoms with Gasteiger partial charge in [-0.1, -0.05) is 11.8 Å². The molecule has 51 heavy (non-hydrogen) atoms. The van der Waals surface area contributed by atoms with Crippen LogP contribution in [0.5, 0.6) is 11.5 Å². The van der Waals surface area contributed by atoms with E-state index in [2.05, 4.69) is 25.9 Å². The molecule has 2 saturated heterocycles. The van der Waals surface area contributed by atoms with Gasteiger partial charge in [0.15, 0.2) is 33.6 Å². The van der Waals surface area contributed by atoms with Gasteiger partial charge >= 0.3 is 5.97 Å². The van der Waals surface area contributed by atoms with E-state index in [4.69, 9.17) is 34.8 Å². The molecule has 0 spiro atoms. The van der Waals surface area contributed by atoms with Crippen molar-refractivity contribution >= 4 is 56.6 Å². The number of aliphatic hydroxyl groups excluding tert-OH is 4. The van der Waals surface area contributed by atoms with Crippen LogP contribution >= 0.6 is 27.7 Å². The average molecular weight is 798 g/mol. The van der Waals surface area contributed by atoms with Crippen LogP contribution in [-0.4, -0.2) is 125 Å². The third-order valence-corrected chi connectivity index (χ3v) is 11.4. The summed E-state index contributed by atoms with van der Waals surface area (Å²) in [4.78, 5) is 41.7. The summed E-state index contributed by atoms with van der Waals surface area (Å²) in [6.45, 7) is 2.34. The van der Waals surface area contributed by atoms with Crippen molar-refractivity contribution in [2.75, 3.05) is 32.2 Å². The van der Waals surface area contributed by atoms with Crippen molar-refractivity contribution < 1.29 is 54.1 Å². The third kappa shape index (κ3) is 8.20. The number of anilines is 1. The molecule has 3 aliphatic rings. The number of hydrogen-bond donors (Lipinski definition) is 6. The van der Waals surface area contributed by atoms with Crippen molar-refractivity contribution in [2.24, 2.45) is 5.92 Å². The van der Waals surface area contributed by atoms with E-state index >= 15 is 0 Å². The molecule has 5 heterocycles. The highest BCUT2D eigenvalue weighted by atomic mass is 79.9. The Kier molecular flexibility index (Phi) is 11.6. The molecule has 0 radical (unpaired) electrons. The number of rotatable bonds is 13. The highest BCUT2D eigenvalue weighted by Crippen LogP contribution is 2.43. The molecular weight excluding hydrogens is 756 g/mol. The summed E-state index contributed by atoms with van der Waals surface area (Å²) in [5.41, 5.74) is 7.28. The first-order valence-corrected chi connectivity index (χ1v) is 18.2. The molecule has 278 valence electrons. The van der Waals surface area contributed by atoms with Gasteiger partial charge in [-0.15, -0.1) is 0 Å². The van der Waals surface area contributed by atoms with Gasteiger partial charge < -0.3 is 59.7 Å². The number of aromatic nitrogens is 4. The first kappa shape index (κ1) is 37.5. The van der Waals surface area contributed by atoms with Crippen molar-refractivity contribution in [3.8, 4) is 11.5 Å². The van der Waals surface area contributed by atoms with Gasteiger partial charge in [0, 0.05) is 41.8 Å². The molecule has 3 aliphatic heterocycles. The summed E-state index contributed by atoms with van der Waals surface area (Å²) in [6, 6.07) is 3.75. The minimum absolute atomic E-state index is 0.0191. The molecule has 7 N–H and O–H groups in total. The van der Waals surface area contributed by atoms with Crippen LogP contribution in [0.2, 0.25) is 0 Å². The van der Waals surface area contributed by atoms with E-state index in [0.29, 0.717) is 60.3 Å². The van der Waals surface area contributed by atoms with Crippen LogP contribution in [0.25, 0.3) is 11.2 Å². The summed E-state index contributed by atoms with van der Waals surface area (Å²) in [5, 5.41) is 50.3. The van der Waals surface area contributed by atoms with Crippen LogP contribution in [0.3, 0.4) is 0 Å². The number of piperidine rings is 1. The van der Waals surface area contributed by atoms with E-state index in [-0.39, 0.29) is 31.4 Å². The molecule has 2 aromatic heterocycles. The Morgan fingerprint density at radius 3 is 2.61 bits per heavy atom. The number of carboxylic acid groups (broad SMARTS) is 1. The molecule has 0 aliphatic carbocycles. The van der Waals surface area contributed by atoms with Crippen LogP contribution in [0.4, 0.5) is 5.82 Å². The number of aryl methyl sites for hydroxylation is 1. The minimum Gasteiger partial charge on any atom is -0.477 e. The second-order valence-electron chi connectivity index (χ2n) is 13.0. The number of nitrogens with zero attached hydrogens (tertiary/aromatic N) is 5. The van der Waals surface area contributed by atoms with E-state index in [9.17, 15) is 30.0 Å². The second kappa shape index (κ2) is 15.7. The molecule has 17 nitrogen and oxygen atoms in total. The third-order valence-electron chi connectivity index (χ3n) is 9.41. The number of carbonyl (C=O) groups is 2. The lowest BCUT2D eigenvalue weighted by molar-refractivity contribution is -0.302. The highest BCUT2D eigenvalue weighted by molar-refractivity contribution is 9.10. The number of aliphatic hydroxyl groups is 4. The Balaban J connectivity index is 1.07. The van der Waals surface area contributed by atoms with Gasteiger partial charge in [0.1, 0.15) is 18.5 Å². The SMILES string of the molecule is C[C@@H](O[C@@]1(C(=O)O)C[C@H](O)C[C@H](C[C@H](O)[C@H](O)CO)O1)C(=O)N1CCC(CCn2c(Sc3cc4c(cc3Br)OCO4)nc3c(N)ncnc32)CC1. The maximum atomic E-state index is 13.5. The Morgan fingerprint density at radius 1 is 1.18 bits per heavy atom. The summed E-state index contributed by atoms with van der Waals surface area (Å²) < 4.78 is 25.4. The van der Waals surface area contributed by atoms with Crippen LogP contribution in [0.15, 0.2) is 33.0 Å². The molecule has 0 bridgehead atoms. The van der Waals surface area contributed by atoms with E-state index in [0.717, 1.165) is 15.8 Å². The van der Waals surface area contributed by atoms with Gasteiger partial charge in [0.05, 0.1) is 24.9 Å². The lowest BCUT2D eigenvalue weighted by atomic mass is 9.93. The quantitative estimate of drug-likeness (QED) is 0.144. The molecular formula is C32H41BrN6O11S. The number of fused-ring (bicyclic) bond motifs is 2. The van der Waals surface area contributed by atoms with Crippen LogP contribution in [0.1, 0.15) is 45.4 Å². The van der Waals surface area contributed by atoms with Crippen molar-refractivity contribution in [1.29, 1.82) is 0 Å². The monoisotopic (exact) mass is 796 g/mol. The molecule has 1 aromatic carbocycles. The number of ether oxygens (including phenoxy) is 4. The molecule has 19 heteroatoms. The molecule has 1 amide bonds. The highest BCUT2D eigenvalue weighted by Gasteiger charge is 2.51. The predicted octanol–water partition coefficient (Wildman–Crippen LogP) is 1.51. The summed E-state index contributed by atoms with van der Waals surface area (Å²) >= 11 is 5.05. The van der Waals surface area contributed by atoms with Crippen molar-refractivity contribution in [3.05, 3.63) is 22.9 Å². The largest absolute Gasteiger partial charge is 0.477 e. The first-order valence-electron chi connectivity index (χ1n) is 16.6. The number of benzene rings is 1. The van der Waals surface area contributed by atoms with Crippen molar-refractivity contribution in [2.45, 2.75) is 98.4 Å². The summed E-state index contributed by atoms with van der Waals surface area (Å²) in [5.74, 6) is -2.43. The number of hydrogen-bond acceptors (Lipinski definition) is 15. The van der Waals surface area contributed by atoms with Crippen LogP contribution in [0, 0.1) is 5.92 Å². The van der Waals surface area contributed by atoms with Crippen LogP contribution in [-0.2, 0) is 25.6 Å². The number of aliphatic carboxylic acids is 1. The predicted molar refractivity (Wildman–Crippen MR) is 183 cm³/mol. The number of nitrogens with two attached hydrogens (primary N) is 1. The first-order chi connectivity index (χ1) is 24.4. The van der Waals surface area contributed by atoms with Crippen molar-refractivity contribution in [3.63, 3.8) is 0 Å². The van der Waals surface area contributed by atoms with Gasteiger partial charge in [-0.25, -0.2) is 19.7 Å². The minimum atomic E-state index is -2.34. The zero-order valence-electron chi connectivity index (χ0n) is 27.8. The van der Waals surface area contributed by atoms with Gasteiger partial charge in [-0.05, 0) is 66.6 Å².